The Bertz CT molecular complexity index is 793. The van der Waals surface area contributed by atoms with Gasteiger partial charge < -0.3 is 9.64 Å². The van der Waals surface area contributed by atoms with Crippen LogP contribution in [-0.2, 0) is 10.0 Å². The Morgan fingerprint density at radius 2 is 1.86 bits per heavy atom. The highest BCUT2D eigenvalue weighted by Crippen LogP contribution is 2.31. The van der Waals surface area contributed by atoms with Gasteiger partial charge in [-0.25, -0.2) is 8.42 Å². The van der Waals surface area contributed by atoms with Gasteiger partial charge in [0.1, 0.15) is 0 Å². The maximum absolute atomic E-state index is 13.1. The molecule has 2 aliphatic rings. The van der Waals surface area contributed by atoms with Gasteiger partial charge in [0.05, 0.1) is 16.9 Å². The second-order valence-electron chi connectivity index (χ2n) is 7.65. The van der Waals surface area contributed by atoms with Crippen LogP contribution in [0.5, 0.6) is 5.75 Å². The molecule has 1 aromatic carbocycles. The van der Waals surface area contributed by atoms with Gasteiger partial charge in [-0.15, -0.1) is 0 Å². The molecule has 0 amide bonds. The number of nitrogens with zero attached hydrogens (tertiary/aromatic N) is 3. The van der Waals surface area contributed by atoms with Gasteiger partial charge in [0.15, 0.2) is 5.75 Å². The summed E-state index contributed by atoms with van der Waals surface area (Å²) in [5.41, 5.74) is -0.336. The van der Waals surface area contributed by atoms with Gasteiger partial charge in [-0.3, -0.25) is 10.1 Å². The summed E-state index contributed by atoms with van der Waals surface area (Å²) in [6, 6.07) is 3.82. The van der Waals surface area contributed by atoms with Crippen molar-refractivity contribution < 1.29 is 18.1 Å². The molecule has 1 aliphatic carbocycles. The standard InChI is InChI=1S/C19H29N3O5S/c1-27-19-9-8-17(14-18(19)22(23)24)28(25,26)21-11-5-10-20(12-13-21)15-16-6-3-2-4-7-16/h8-9,14,16H,2-7,10-13,15H2,1H3. The summed E-state index contributed by atoms with van der Waals surface area (Å²) in [6.07, 6.45) is 7.24. The van der Waals surface area contributed by atoms with Gasteiger partial charge >= 0.3 is 5.69 Å². The molecule has 28 heavy (non-hydrogen) atoms. The summed E-state index contributed by atoms with van der Waals surface area (Å²) in [5, 5.41) is 11.2. The van der Waals surface area contributed by atoms with Crippen LogP contribution in [0.15, 0.2) is 23.1 Å². The Morgan fingerprint density at radius 3 is 2.54 bits per heavy atom. The van der Waals surface area contributed by atoms with Crippen molar-refractivity contribution in [2.75, 3.05) is 39.8 Å². The van der Waals surface area contributed by atoms with Gasteiger partial charge in [0.25, 0.3) is 0 Å². The molecule has 1 heterocycles. The van der Waals surface area contributed by atoms with Gasteiger partial charge in [-0.05, 0) is 43.9 Å². The molecule has 2 fully saturated rings. The third-order valence-electron chi connectivity index (χ3n) is 5.77. The zero-order valence-corrected chi connectivity index (χ0v) is 17.2. The number of methoxy groups -OCH3 is 1. The lowest BCUT2D eigenvalue weighted by Crippen LogP contribution is -2.36. The maximum atomic E-state index is 13.1. The van der Waals surface area contributed by atoms with Crippen LogP contribution in [0.2, 0.25) is 0 Å². The van der Waals surface area contributed by atoms with Gasteiger partial charge in [-0.2, -0.15) is 4.31 Å². The molecule has 0 unspecified atom stereocenters. The second-order valence-corrected chi connectivity index (χ2v) is 9.59. The molecule has 3 rings (SSSR count). The van der Waals surface area contributed by atoms with Gasteiger partial charge in [0, 0.05) is 32.2 Å². The normalized spacial score (nSPS) is 20.6. The van der Waals surface area contributed by atoms with E-state index in [-0.39, 0.29) is 16.3 Å². The van der Waals surface area contributed by atoms with Gasteiger partial charge in [-0.1, -0.05) is 19.3 Å². The Morgan fingerprint density at radius 1 is 1.11 bits per heavy atom. The third-order valence-corrected chi connectivity index (χ3v) is 7.67. The van der Waals surface area contributed by atoms with E-state index in [0.717, 1.165) is 31.5 Å². The van der Waals surface area contributed by atoms with E-state index in [0.29, 0.717) is 19.6 Å². The van der Waals surface area contributed by atoms with Crippen molar-refractivity contribution >= 4 is 15.7 Å². The highest BCUT2D eigenvalue weighted by Gasteiger charge is 2.30. The molecule has 9 heteroatoms. The lowest BCUT2D eigenvalue weighted by atomic mass is 9.89. The maximum Gasteiger partial charge on any atom is 0.312 e. The van der Waals surface area contributed by atoms with Crippen LogP contribution in [0.1, 0.15) is 38.5 Å². The molecule has 8 nitrogen and oxygen atoms in total. The Labute approximate surface area is 166 Å². The van der Waals surface area contributed by atoms with E-state index < -0.39 is 14.9 Å². The number of benzene rings is 1. The number of rotatable bonds is 6. The lowest BCUT2D eigenvalue weighted by Gasteiger charge is -2.28. The number of hydrogen-bond acceptors (Lipinski definition) is 6. The average Bonchev–Trinajstić information content (AvgIpc) is 2.94. The summed E-state index contributed by atoms with van der Waals surface area (Å²) in [7, 11) is -2.45. The van der Waals surface area contributed by atoms with E-state index in [4.69, 9.17) is 4.74 Å². The first-order chi connectivity index (χ1) is 13.4. The SMILES string of the molecule is COc1ccc(S(=O)(=O)N2CCCN(CC3CCCCC3)CC2)cc1[N+](=O)[O-]. The van der Waals surface area contributed by atoms with Crippen LogP contribution < -0.4 is 4.74 Å². The zero-order valence-electron chi connectivity index (χ0n) is 16.4. The van der Waals surface area contributed by atoms with E-state index in [1.807, 2.05) is 0 Å². The Hall–Kier alpha value is -1.71. The first-order valence-electron chi connectivity index (χ1n) is 9.97. The van der Waals surface area contributed by atoms with Crippen molar-refractivity contribution in [2.24, 2.45) is 5.92 Å². The molecule has 1 saturated carbocycles. The van der Waals surface area contributed by atoms with Crippen LogP contribution in [0.4, 0.5) is 5.69 Å². The predicted octanol–water partition coefficient (Wildman–Crippen LogP) is 2.88. The Kier molecular flexibility index (Phi) is 6.90. The summed E-state index contributed by atoms with van der Waals surface area (Å²) in [6.45, 7) is 3.49. The third kappa shape index (κ3) is 4.82. The smallest absolute Gasteiger partial charge is 0.312 e. The lowest BCUT2D eigenvalue weighted by molar-refractivity contribution is -0.386. The highest BCUT2D eigenvalue weighted by molar-refractivity contribution is 7.89. The van der Waals surface area contributed by atoms with Crippen molar-refractivity contribution in [2.45, 2.75) is 43.4 Å². The first kappa shape index (κ1) is 21.0. The monoisotopic (exact) mass is 411 g/mol. The number of nitro benzene ring substituents is 1. The average molecular weight is 412 g/mol. The first-order valence-corrected chi connectivity index (χ1v) is 11.4. The van der Waals surface area contributed by atoms with Crippen LogP contribution in [0.3, 0.4) is 0 Å². The minimum Gasteiger partial charge on any atom is -0.490 e. The van der Waals surface area contributed by atoms with Crippen LogP contribution in [0.25, 0.3) is 0 Å². The molecule has 1 saturated heterocycles. The number of hydrogen-bond donors (Lipinski definition) is 0. The van der Waals surface area contributed by atoms with E-state index in [9.17, 15) is 18.5 Å². The van der Waals surface area contributed by atoms with Crippen molar-refractivity contribution in [3.05, 3.63) is 28.3 Å². The fourth-order valence-corrected chi connectivity index (χ4v) is 5.72. The topological polar surface area (TPSA) is 93.0 Å². The second kappa shape index (κ2) is 9.19. The number of sulfonamides is 1. The minimum atomic E-state index is -3.78. The van der Waals surface area contributed by atoms with Crippen molar-refractivity contribution in [1.82, 2.24) is 9.21 Å². The Balaban J connectivity index is 1.70. The fraction of sp³-hybridized carbons (Fsp3) is 0.684. The summed E-state index contributed by atoms with van der Waals surface area (Å²) in [5.74, 6) is 0.777. The van der Waals surface area contributed by atoms with E-state index in [2.05, 4.69) is 4.90 Å². The molecule has 0 N–H and O–H groups in total. The van der Waals surface area contributed by atoms with Gasteiger partial charge in [0.2, 0.25) is 10.0 Å². The summed E-state index contributed by atoms with van der Waals surface area (Å²) >= 11 is 0. The molecule has 0 atom stereocenters. The van der Waals surface area contributed by atoms with E-state index in [1.54, 1.807) is 0 Å². The zero-order chi connectivity index (χ0) is 20.1. The summed E-state index contributed by atoms with van der Waals surface area (Å²) in [4.78, 5) is 12.9. The fourth-order valence-electron chi connectivity index (χ4n) is 4.23. The molecule has 0 spiro atoms. The molecule has 0 aromatic heterocycles. The molecule has 0 bridgehead atoms. The molecule has 1 aliphatic heterocycles. The van der Waals surface area contributed by atoms with Crippen molar-refractivity contribution in [3.63, 3.8) is 0 Å². The highest BCUT2D eigenvalue weighted by atomic mass is 32.2. The largest absolute Gasteiger partial charge is 0.490 e. The molecule has 156 valence electrons. The van der Waals surface area contributed by atoms with Crippen LogP contribution >= 0.6 is 0 Å². The molecular formula is C19H29N3O5S. The quantitative estimate of drug-likeness (QED) is 0.528. The van der Waals surface area contributed by atoms with Crippen molar-refractivity contribution in [1.29, 1.82) is 0 Å². The van der Waals surface area contributed by atoms with E-state index >= 15 is 0 Å². The van der Waals surface area contributed by atoms with Crippen LogP contribution in [-0.4, -0.2) is 62.4 Å². The molecule has 0 radical (unpaired) electrons. The molecule has 1 aromatic rings. The number of ether oxygens (including phenoxy) is 1. The molecular weight excluding hydrogens is 382 g/mol. The summed E-state index contributed by atoms with van der Waals surface area (Å²) < 4.78 is 32.5. The number of nitro groups is 1. The van der Waals surface area contributed by atoms with Crippen LogP contribution in [0, 0.1) is 16.0 Å². The predicted molar refractivity (Wildman–Crippen MR) is 106 cm³/mol. The van der Waals surface area contributed by atoms with E-state index in [1.165, 1.54) is 55.7 Å². The van der Waals surface area contributed by atoms with Crippen molar-refractivity contribution in [3.8, 4) is 5.75 Å². The minimum absolute atomic E-state index is 0.0541.